The molecule has 0 aliphatic heterocycles. The van der Waals surface area contributed by atoms with Crippen LogP contribution >= 0.6 is 22.9 Å². The molecular formula is C14H11ClN2S. The van der Waals surface area contributed by atoms with Crippen LogP contribution in [0.5, 0.6) is 0 Å². The molecule has 2 N–H and O–H groups in total. The lowest BCUT2D eigenvalue weighted by molar-refractivity contribution is 1.35. The standard InChI is InChI=1S/C14H11ClN2S/c1-8-17-14-11(18-8)7-10(13(16)12(14)15)9-5-3-2-4-6-9/h2-7H,16H2,1H3. The molecule has 3 aromatic rings. The third-order valence-electron chi connectivity index (χ3n) is 2.86. The number of thiazole rings is 1. The van der Waals surface area contributed by atoms with Gasteiger partial charge in [-0.25, -0.2) is 4.98 Å². The average molecular weight is 275 g/mol. The lowest BCUT2D eigenvalue weighted by atomic mass is 10.0. The number of halogens is 1. The van der Waals surface area contributed by atoms with Crippen LogP contribution in [-0.4, -0.2) is 4.98 Å². The van der Waals surface area contributed by atoms with Crippen LogP contribution in [0.15, 0.2) is 36.4 Å². The molecule has 4 heteroatoms. The van der Waals surface area contributed by atoms with Crippen molar-refractivity contribution in [2.45, 2.75) is 6.92 Å². The normalized spacial score (nSPS) is 11.0. The van der Waals surface area contributed by atoms with Gasteiger partial charge in [-0.1, -0.05) is 41.9 Å². The Kier molecular flexibility index (Phi) is 2.73. The highest BCUT2D eigenvalue weighted by Crippen LogP contribution is 2.39. The second-order valence-electron chi connectivity index (χ2n) is 4.10. The summed E-state index contributed by atoms with van der Waals surface area (Å²) in [5.41, 5.74) is 9.57. The van der Waals surface area contributed by atoms with Crippen LogP contribution in [0.25, 0.3) is 21.3 Å². The van der Waals surface area contributed by atoms with Gasteiger partial charge < -0.3 is 5.73 Å². The third kappa shape index (κ3) is 1.76. The van der Waals surface area contributed by atoms with Crippen molar-refractivity contribution in [2.75, 3.05) is 5.73 Å². The minimum Gasteiger partial charge on any atom is -0.397 e. The molecule has 0 aliphatic carbocycles. The van der Waals surface area contributed by atoms with Gasteiger partial charge in [0.2, 0.25) is 0 Å². The first kappa shape index (κ1) is 11.5. The Bertz CT molecular complexity index is 719. The Labute approximate surface area is 114 Å². The fourth-order valence-corrected chi connectivity index (χ4v) is 3.19. The van der Waals surface area contributed by atoms with E-state index in [9.17, 15) is 0 Å². The van der Waals surface area contributed by atoms with Crippen LogP contribution in [0.4, 0.5) is 5.69 Å². The van der Waals surface area contributed by atoms with Gasteiger partial charge >= 0.3 is 0 Å². The molecule has 0 spiro atoms. The molecule has 0 amide bonds. The highest BCUT2D eigenvalue weighted by Gasteiger charge is 2.13. The number of hydrogen-bond donors (Lipinski definition) is 1. The Morgan fingerprint density at radius 3 is 2.67 bits per heavy atom. The van der Waals surface area contributed by atoms with Crippen LogP contribution in [-0.2, 0) is 0 Å². The first-order valence-electron chi connectivity index (χ1n) is 5.57. The van der Waals surface area contributed by atoms with E-state index in [2.05, 4.69) is 11.1 Å². The predicted octanol–water partition coefficient (Wildman–Crippen LogP) is 4.51. The van der Waals surface area contributed by atoms with Crippen molar-refractivity contribution in [3.8, 4) is 11.1 Å². The maximum absolute atomic E-state index is 6.31. The van der Waals surface area contributed by atoms with Gasteiger partial charge in [-0.3, -0.25) is 0 Å². The first-order chi connectivity index (χ1) is 8.66. The van der Waals surface area contributed by atoms with Crippen LogP contribution in [0.1, 0.15) is 5.01 Å². The minimum absolute atomic E-state index is 0.552. The quantitative estimate of drug-likeness (QED) is 0.663. The smallest absolute Gasteiger partial charge is 0.102 e. The Morgan fingerprint density at radius 2 is 1.94 bits per heavy atom. The predicted molar refractivity (Wildman–Crippen MR) is 79.2 cm³/mol. The first-order valence-corrected chi connectivity index (χ1v) is 6.77. The number of fused-ring (bicyclic) bond motifs is 1. The van der Waals surface area contributed by atoms with E-state index < -0.39 is 0 Å². The summed E-state index contributed by atoms with van der Waals surface area (Å²) in [5.74, 6) is 0. The Balaban J connectivity index is 2.34. The molecule has 18 heavy (non-hydrogen) atoms. The number of hydrogen-bond acceptors (Lipinski definition) is 3. The van der Waals surface area contributed by atoms with E-state index in [1.807, 2.05) is 37.3 Å². The van der Waals surface area contributed by atoms with Crippen molar-refractivity contribution in [2.24, 2.45) is 0 Å². The summed E-state index contributed by atoms with van der Waals surface area (Å²) in [6.07, 6.45) is 0. The van der Waals surface area contributed by atoms with E-state index >= 15 is 0 Å². The molecule has 0 fully saturated rings. The largest absolute Gasteiger partial charge is 0.397 e. The van der Waals surface area contributed by atoms with Gasteiger partial charge in [0.15, 0.2) is 0 Å². The number of aryl methyl sites for hydroxylation is 1. The molecule has 2 nitrogen and oxygen atoms in total. The van der Waals surface area contributed by atoms with Gasteiger partial charge in [0.05, 0.1) is 20.4 Å². The number of aromatic nitrogens is 1. The van der Waals surface area contributed by atoms with Gasteiger partial charge in [0, 0.05) is 5.56 Å². The molecule has 1 heterocycles. The molecule has 0 unspecified atom stereocenters. The van der Waals surface area contributed by atoms with Gasteiger partial charge in [-0.2, -0.15) is 0 Å². The van der Waals surface area contributed by atoms with Crippen molar-refractivity contribution < 1.29 is 0 Å². The van der Waals surface area contributed by atoms with Gasteiger partial charge in [-0.15, -0.1) is 11.3 Å². The fraction of sp³-hybridized carbons (Fsp3) is 0.0714. The van der Waals surface area contributed by atoms with E-state index in [4.69, 9.17) is 17.3 Å². The summed E-state index contributed by atoms with van der Waals surface area (Å²) in [4.78, 5) is 4.41. The van der Waals surface area contributed by atoms with Gasteiger partial charge in [0.1, 0.15) is 5.52 Å². The molecule has 3 rings (SSSR count). The molecule has 0 saturated carbocycles. The summed E-state index contributed by atoms with van der Waals surface area (Å²) in [6, 6.07) is 12.1. The topological polar surface area (TPSA) is 38.9 Å². The lowest BCUT2D eigenvalue weighted by Crippen LogP contribution is -1.92. The zero-order chi connectivity index (χ0) is 12.7. The van der Waals surface area contributed by atoms with E-state index in [0.29, 0.717) is 10.7 Å². The summed E-state index contributed by atoms with van der Waals surface area (Å²) < 4.78 is 1.07. The molecule has 90 valence electrons. The summed E-state index contributed by atoms with van der Waals surface area (Å²) in [6.45, 7) is 1.97. The van der Waals surface area contributed by atoms with Crippen molar-refractivity contribution >= 4 is 38.8 Å². The summed E-state index contributed by atoms with van der Waals surface area (Å²) in [5, 5.41) is 1.55. The van der Waals surface area contributed by atoms with Crippen molar-refractivity contribution in [1.29, 1.82) is 0 Å². The number of nitrogen functional groups attached to an aromatic ring is 1. The minimum atomic E-state index is 0.552. The van der Waals surface area contributed by atoms with Gasteiger partial charge in [0.25, 0.3) is 0 Å². The zero-order valence-corrected chi connectivity index (χ0v) is 11.3. The second kappa shape index (κ2) is 4.26. The highest BCUT2D eigenvalue weighted by molar-refractivity contribution is 7.18. The monoisotopic (exact) mass is 274 g/mol. The maximum Gasteiger partial charge on any atom is 0.102 e. The molecule has 0 radical (unpaired) electrons. The summed E-state index contributed by atoms with van der Waals surface area (Å²) in [7, 11) is 0. The SMILES string of the molecule is Cc1nc2c(Cl)c(N)c(-c3ccccc3)cc2s1. The molecule has 0 bridgehead atoms. The van der Waals surface area contributed by atoms with Crippen molar-refractivity contribution in [1.82, 2.24) is 4.98 Å². The third-order valence-corrected chi connectivity index (χ3v) is 4.16. The van der Waals surface area contributed by atoms with E-state index in [1.165, 1.54) is 0 Å². The molecule has 2 aromatic carbocycles. The Hall–Kier alpha value is -1.58. The summed E-state index contributed by atoms with van der Waals surface area (Å²) >= 11 is 7.95. The zero-order valence-electron chi connectivity index (χ0n) is 9.77. The fourth-order valence-electron chi connectivity index (χ4n) is 2.01. The molecule has 0 aliphatic rings. The van der Waals surface area contributed by atoms with Crippen molar-refractivity contribution in [3.05, 3.63) is 46.4 Å². The van der Waals surface area contributed by atoms with Gasteiger partial charge in [-0.05, 0) is 18.6 Å². The van der Waals surface area contributed by atoms with Crippen LogP contribution in [0.2, 0.25) is 5.02 Å². The maximum atomic E-state index is 6.31. The van der Waals surface area contributed by atoms with E-state index in [-0.39, 0.29) is 0 Å². The van der Waals surface area contributed by atoms with Crippen LogP contribution in [0, 0.1) is 6.92 Å². The molecule has 0 saturated heterocycles. The number of benzene rings is 2. The number of nitrogens with two attached hydrogens (primary N) is 1. The van der Waals surface area contributed by atoms with Crippen LogP contribution in [0.3, 0.4) is 0 Å². The van der Waals surface area contributed by atoms with E-state index in [1.54, 1.807) is 11.3 Å². The molecule has 1 aromatic heterocycles. The van der Waals surface area contributed by atoms with Crippen molar-refractivity contribution in [3.63, 3.8) is 0 Å². The number of nitrogens with zero attached hydrogens (tertiary/aromatic N) is 1. The van der Waals surface area contributed by atoms with Crippen LogP contribution < -0.4 is 5.73 Å². The van der Waals surface area contributed by atoms with E-state index in [0.717, 1.165) is 26.4 Å². The number of rotatable bonds is 1. The lowest BCUT2D eigenvalue weighted by Gasteiger charge is -2.08. The molecular weight excluding hydrogens is 264 g/mol. The molecule has 0 atom stereocenters. The Morgan fingerprint density at radius 1 is 1.22 bits per heavy atom. The second-order valence-corrected chi connectivity index (χ2v) is 5.71. The number of anilines is 1. The average Bonchev–Trinajstić information content (AvgIpc) is 2.76. The highest BCUT2D eigenvalue weighted by atomic mass is 35.5.